The Bertz CT molecular complexity index is 2100. The molecule has 0 radical (unpaired) electrons. The highest BCUT2D eigenvalue weighted by Crippen LogP contribution is 2.37. The highest BCUT2D eigenvalue weighted by Gasteiger charge is 2.15. The normalized spacial score (nSPS) is 11.6. The maximum absolute atomic E-state index is 5.00. The zero-order valence-electron chi connectivity index (χ0n) is 20.8. The van der Waals surface area contributed by atoms with Crippen molar-refractivity contribution in [2.45, 2.75) is 0 Å². The minimum absolute atomic E-state index is 0.969. The van der Waals surface area contributed by atoms with Crippen LogP contribution in [0, 0.1) is 0 Å². The van der Waals surface area contributed by atoms with E-state index < -0.39 is 0 Å². The number of aromatic nitrogens is 3. The Labute approximate surface area is 233 Å². The van der Waals surface area contributed by atoms with Crippen molar-refractivity contribution in [3.63, 3.8) is 0 Å². The second-order valence-electron chi connectivity index (χ2n) is 9.54. The summed E-state index contributed by atoms with van der Waals surface area (Å²) in [6, 6.07) is 40.8. The Morgan fingerprint density at radius 3 is 2.28 bits per heavy atom. The lowest BCUT2D eigenvalue weighted by atomic mass is 10.1. The van der Waals surface area contributed by atoms with E-state index in [4.69, 9.17) is 9.97 Å². The first-order valence-electron chi connectivity index (χ1n) is 12.8. The zero-order valence-corrected chi connectivity index (χ0v) is 22.4. The monoisotopic (exact) mass is 535 g/mol. The highest BCUT2D eigenvalue weighted by molar-refractivity contribution is 7.21. The summed E-state index contributed by atoms with van der Waals surface area (Å²) < 4.78 is 3.58. The van der Waals surface area contributed by atoms with Crippen molar-refractivity contribution in [3.05, 3.63) is 126 Å². The topological polar surface area (TPSA) is 30.7 Å². The number of hydrogen-bond donors (Lipinski definition) is 0. The third-order valence-corrected chi connectivity index (χ3v) is 8.95. The molecule has 0 atom stereocenters. The molecule has 3 nitrogen and oxygen atoms in total. The standard InChI is InChI=1S/C34H21N3S2/c1-3-13-31-26(9-1)27-16-15-23(34-36-30-10-2-4-14-33(30)39-34)20-32(27)37(31)25-8-5-7-22(19-25)28-11-6-12-29(35-28)24-17-18-38-21-24/h1-21H. The number of fused-ring (bicyclic) bond motifs is 4. The molecule has 0 spiro atoms. The number of nitrogens with zero attached hydrogens (tertiary/aromatic N) is 3. The maximum Gasteiger partial charge on any atom is 0.124 e. The molecule has 0 bridgehead atoms. The van der Waals surface area contributed by atoms with E-state index >= 15 is 0 Å². The molecule has 0 saturated heterocycles. The van der Waals surface area contributed by atoms with Crippen LogP contribution < -0.4 is 0 Å². The van der Waals surface area contributed by atoms with Gasteiger partial charge in [0.2, 0.25) is 0 Å². The van der Waals surface area contributed by atoms with Gasteiger partial charge in [-0.1, -0.05) is 60.7 Å². The summed E-state index contributed by atoms with van der Waals surface area (Å²) in [6.07, 6.45) is 0. The van der Waals surface area contributed by atoms with Gasteiger partial charge in [0.05, 0.1) is 32.6 Å². The Hall–Kier alpha value is -4.58. The first kappa shape index (κ1) is 22.4. The first-order valence-corrected chi connectivity index (χ1v) is 14.6. The van der Waals surface area contributed by atoms with E-state index in [2.05, 4.69) is 125 Å². The molecule has 4 aromatic heterocycles. The largest absolute Gasteiger partial charge is 0.309 e. The fourth-order valence-electron chi connectivity index (χ4n) is 5.35. The van der Waals surface area contributed by atoms with Gasteiger partial charge in [0.25, 0.3) is 0 Å². The quantitative estimate of drug-likeness (QED) is 0.224. The van der Waals surface area contributed by atoms with Gasteiger partial charge in [-0.2, -0.15) is 11.3 Å². The van der Waals surface area contributed by atoms with Crippen LogP contribution in [0.15, 0.2) is 126 Å². The molecule has 0 aliphatic heterocycles. The molecule has 0 aliphatic rings. The van der Waals surface area contributed by atoms with Crippen molar-refractivity contribution in [1.82, 2.24) is 14.5 Å². The summed E-state index contributed by atoms with van der Waals surface area (Å²) in [5, 5.41) is 7.75. The number of hydrogen-bond acceptors (Lipinski definition) is 4. The third kappa shape index (κ3) is 3.78. The third-order valence-electron chi connectivity index (χ3n) is 7.18. The number of para-hydroxylation sites is 2. The van der Waals surface area contributed by atoms with Crippen LogP contribution in [0.2, 0.25) is 0 Å². The van der Waals surface area contributed by atoms with Crippen molar-refractivity contribution in [2.24, 2.45) is 0 Å². The van der Waals surface area contributed by atoms with Gasteiger partial charge in [-0.25, -0.2) is 9.97 Å². The second-order valence-corrected chi connectivity index (χ2v) is 11.4. The SMILES string of the molecule is c1cc(-c2cccc(-c3ccsc3)n2)cc(-n2c3ccccc3c3ccc(-c4nc5ccccc5s4)cc32)c1. The lowest BCUT2D eigenvalue weighted by Crippen LogP contribution is -1.95. The molecule has 39 heavy (non-hydrogen) atoms. The van der Waals surface area contributed by atoms with Crippen molar-refractivity contribution >= 4 is 54.7 Å². The van der Waals surface area contributed by atoms with Gasteiger partial charge < -0.3 is 4.57 Å². The Balaban J connectivity index is 1.31. The molecule has 5 heteroatoms. The van der Waals surface area contributed by atoms with Crippen molar-refractivity contribution in [2.75, 3.05) is 0 Å². The molecule has 8 rings (SSSR count). The van der Waals surface area contributed by atoms with E-state index in [-0.39, 0.29) is 0 Å². The van der Waals surface area contributed by atoms with E-state index in [1.807, 2.05) is 6.07 Å². The minimum Gasteiger partial charge on any atom is -0.309 e. The van der Waals surface area contributed by atoms with E-state index in [1.165, 1.54) is 26.5 Å². The number of thiophene rings is 1. The van der Waals surface area contributed by atoms with Crippen LogP contribution in [0.1, 0.15) is 0 Å². The lowest BCUT2D eigenvalue weighted by Gasteiger charge is -2.11. The average Bonchev–Trinajstić information content (AvgIpc) is 3.75. The van der Waals surface area contributed by atoms with Gasteiger partial charge >= 0.3 is 0 Å². The summed E-state index contributed by atoms with van der Waals surface area (Å²) in [6.45, 7) is 0. The van der Waals surface area contributed by atoms with E-state index in [0.29, 0.717) is 0 Å². The summed E-state index contributed by atoms with van der Waals surface area (Å²) in [7, 11) is 0. The summed E-state index contributed by atoms with van der Waals surface area (Å²) in [5.74, 6) is 0. The predicted molar refractivity (Wildman–Crippen MR) is 166 cm³/mol. The van der Waals surface area contributed by atoms with Gasteiger partial charge in [0.15, 0.2) is 0 Å². The van der Waals surface area contributed by atoms with E-state index in [0.717, 1.165) is 44.3 Å². The van der Waals surface area contributed by atoms with Crippen LogP contribution in [-0.4, -0.2) is 14.5 Å². The molecule has 4 aromatic carbocycles. The number of benzene rings is 4. The molecule has 0 unspecified atom stereocenters. The highest BCUT2D eigenvalue weighted by atomic mass is 32.1. The average molecular weight is 536 g/mol. The lowest BCUT2D eigenvalue weighted by molar-refractivity contribution is 1.18. The Morgan fingerprint density at radius 1 is 0.564 bits per heavy atom. The van der Waals surface area contributed by atoms with Crippen LogP contribution in [0.3, 0.4) is 0 Å². The molecular weight excluding hydrogens is 515 g/mol. The minimum atomic E-state index is 0.969. The molecule has 8 aromatic rings. The molecular formula is C34H21N3S2. The number of thiazole rings is 1. The zero-order chi connectivity index (χ0) is 25.8. The van der Waals surface area contributed by atoms with Crippen LogP contribution in [0.4, 0.5) is 0 Å². The molecule has 0 saturated carbocycles. The maximum atomic E-state index is 5.00. The summed E-state index contributed by atoms with van der Waals surface area (Å²) in [5.41, 5.74) is 9.87. The van der Waals surface area contributed by atoms with Crippen molar-refractivity contribution in [3.8, 4) is 38.8 Å². The van der Waals surface area contributed by atoms with Crippen LogP contribution in [-0.2, 0) is 0 Å². The van der Waals surface area contributed by atoms with Crippen molar-refractivity contribution < 1.29 is 0 Å². The Kier molecular flexibility index (Phi) is 5.18. The van der Waals surface area contributed by atoms with Crippen LogP contribution in [0.25, 0.3) is 70.8 Å². The van der Waals surface area contributed by atoms with Gasteiger partial charge in [-0.15, -0.1) is 11.3 Å². The van der Waals surface area contributed by atoms with Gasteiger partial charge in [-0.3, -0.25) is 0 Å². The molecule has 4 heterocycles. The first-order chi connectivity index (χ1) is 19.3. The molecule has 0 amide bonds. The molecule has 0 aliphatic carbocycles. The van der Waals surface area contributed by atoms with Gasteiger partial charge in [0.1, 0.15) is 5.01 Å². The van der Waals surface area contributed by atoms with E-state index in [1.54, 1.807) is 22.7 Å². The van der Waals surface area contributed by atoms with Crippen LogP contribution in [0.5, 0.6) is 0 Å². The number of rotatable bonds is 4. The second kappa shape index (κ2) is 9.02. The molecule has 0 fully saturated rings. The fraction of sp³-hybridized carbons (Fsp3) is 0. The summed E-state index contributed by atoms with van der Waals surface area (Å²) >= 11 is 3.43. The van der Waals surface area contributed by atoms with Gasteiger partial charge in [0, 0.05) is 38.5 Å². The molecule has 0 N–H and O–H groups in total. The van der Waals surface area contributed by atoms with E-state index in [9.17, 15) is 0 Å². The van der Waals surface area contributed by atoms with Crippen molar-refractivity contribution in [1.29, 1.82) is 0 Å². The summed E-state index contributed by atoms with van der Waals surface area (Å²) in [4.78, 5) is 9.93. The molecule has 184 valence electrons. The fourth-order valence-corrected chi connectivity index (χ4v) is 6.96. The smallest absolute Gasteiger partial charge is 0.124 e. The Morgan fingerprint density at radius 2 is 1.38 bits per heavy atom. The van der Waals surface area contributed by atoms with Gasteiger partial charge in [-0.05, 0) is 60.0 Å². The van der Waals surface area contributed by atoms with Crippen LogP contribution >= 0.6 is 22.7 Å². The number of pyridine rings is 1. The predicted octanol–water partition coefficient (Wildman–Crippen LogP) is 9.85.